The van der Waals surface area contributed by atoms with Crippen molar-refractivity contribution in [3.05, 3.63) is 47.0 Å². The van der Waals surface area contributed by atoms with E-state index in [0.717, 1.165) is 44.5 Å². The lowest BCUT2D eigenvalue weighted by Crippen LogP contribution is -2.44. The molecule has 1 aliphatic heterocycles. The number of rotatable bonds is 5. The maximum Gasteiger partial charge on any atom is 0.317 e. The van der Waals surface area contributed by atoms with Crippen LogP contribution in [0.5, 0.6) is 0 Å². The van der Waals surface area contributed by atoms with E-state index in [9.17, 15) is 9.90 Å². The zero-order chi connectivity index (χ0) is 18.2. The fraction of sp³-hybridized carbons (Fsp3) is 0.591. The van der Waals surface area contributed by atoms with Gasteiger partial charge in [-0.2, -0.15) is 0 Å². The lowest BCUT2D eigenvalue weighted by atomic mass is 9.87. The first-order valence-corrected chi connectivity index (χ1v) is 10.2. The number of piperidine rings is 1. The Morgan fingerprint density at radius 3 is 2.77 bits per heavy atom. The predicted octanol–water partition coefficient (Wildman–Crippen LogP) is 4.35. The molecule has 0 spiro atoms. The molecule has 0 aromatic heterocycles. The molecule has 26 heavy (non-hydrogen) atoms. The van der Waals surface area contributed by atoms with Crippen LogP contribution >= 0.6 is 0 Å². The van der Waals surface area contributed by atoms with E-state index in [-0.39, 0.29) is 12.6 Å². The number of hydrogen-bond donors (Lipinski definition) is 2. The van der Waals surface area contributed by atoms with Crippen LogP contribution in [0.1, 0.15) is 68.4 Å². The second kappa shape index (κ2) is 9.77. The number of carbonyl (C=O) groups is 1. The van der Waals surface area contributed by atoms with Crippen LogP contribution in [0.3, 0.4) is 0 Å². The Balaban J connectivity index is 1.42. The van der Waals surface area contributed by atoms with Crippen LogP contribution in [0.4, 0.5) is 4.79 Å². The molecule has 1 aromatic carbocycles. The minimum absolute atomic E-state index is 0.0770. The lowest BCUT2D eigenvalue weighted by molar-refractivity contribution is 0.181. The summed E-state index contributed by atoms with van der Waals surface area (Å²) in [5.41, 5.74) is 3.78. The summed E-state index contributed by atoms with van der Waals surface area (Å²) in [5, 5.41) is 12.6. The molecule has 0 bridgehead atoms. The highest BCUT2D eigenvalue weighted by Crippen LogP contribution is 2.30. The maximum atomic E-state index is 12.4. The molecule has 2 aliphatic rings. The van der Waals surface area contributed by atoms with E-state index in [4.69, 9.17) is 0 Å². The molecule has 2 N–H and O–H groups in total. The predicted molar refractivity (Wildman–Crippen MR) is 105 cm³/mol. The third-order valence-electron chi connectivity index (χ3n) is 5.80. The zero-order valence-electron chi connectivity index (χ0n) is 15.8. The van der Waals surface area contributed by atoms with Crippen LogP contribution in [0.15, 0.2) is 35.9 Å². The van der Waals surface area contributed by atoms with Crippen molar-refractivity contribution in [1.29, 1.82) is 0 Å². The average Bonchev–Trinajstić information content (AvgIpc) is 2.97. The molecule has 4 nitrogen and oxygen atoms in total. The summed E-state index contributed by atoms with van der Waals surface area (Å²) in [6.45, 7) is 2.42. The van der Waals surface area contributed by atoms with Crippen molar-refractivity contribution in [2.24, 2.45) is 0 Å². The molecule has 0 radical (unpaired) electrons. The molecular weight excluding hydrogens is 324 g/mol. The van der Waals surface area contributed by atoms with Crippen LogP contribution < -0.4 is 5.32 Å². The van der Waals surface area contributed by atoms with E-state index in [2.05, 4.69) is 17.5 Å². The van der Waals surface area contributed by atoms with E-state index in [1.165, 1.54) is 43.2 Å². The van der Waals surface area contributed by atoms with Gasteiger partial charge in [0.1, 0.15) is 0 Å². The Morgan fingerprint density at radius 1 is 1.15 bits per heavy atom. The Labute approximate surface area is 157 Å². The highest BCUT2D eigenvalue weighted by molar-refractivity contribution is 5.74. The number of amides is 2. The van der Waals surface area contributed by atoms with Gasteiger partial charge in [0, 0.05) is 19.6 Å². The molecule has 0 unspecified atom stereocenters. The molecule has 3 rings (SSSR count). The number of aliphatic hydroxyl groups is 1. The summed E-state index contributed by atoms with van der Waals surface area (Å²) >= 11 is 0. The molecule has 1 aliphatic carbocycles. The van der Waals surface area contributed by atoms with E-state index in [1.54, 1.807) is 0 Å². The Bertz CT molecular complexity index is 618. The maximum absolute atomic E-state index is 12.4. The average molecular weight is 357 g/mol. The molecule has 1 saturated heterocycles. The van der Waals surface area contributed by atoms with Gasteiger partial charge in [0.05, 0.1) is 6.61 Å². The number of hydrogen-bond acceptors (Lipinski definition) is 2. The summed E-state index contributed by atoms with van der Waals surface area (Å²) in [5.74, 6) is 0.443. The van der Waals surface area contributed by atoms with Gasteiger partial charge in [0.15, 0.2) is 0 Å². The topological polar surface area (TPSA) is 52.6 Å². The van der Waals surface area contributed by atoms with Gasteiger partial charge in [-0.25, -0.2) is 4.79 Å². The first-order valence-electron chi connectivity index (χ1n) is 10.2. The second-order valence-corrected chi connectivity index (χ2v) is 7.56. The molecule has 1 fully saturated rings. The molecule has 0 atom stereocenters. The summed E-state index contributed by atoms with van der Waals surface area (Å²) in [6, 6.07) is 8.20. The minimum Gasteiger partial charge on any atom is -0.392 e. The van der Waals surface area contributed by atoms with Crippen molar-refractivity contribution in [2.45, 2.75) is 63.9 Å². The van der Waals surface area contributed by atoms with Crippen molar-refractivity contribution < 1.29 is 9.90 Å². The largest absolute Gasteiger partial charge is 0.392 e. The first kappa shape index (κ1) is 19.0. The van der Waals surface area contributed by atoms with Crippen molar-refractivity contribution in [1.82, 2.24) is 10.2 Å². The molecule has 2 amide bonds. The smallest absolute Gasteiger partial charge is 0.317 e. The number of benzene rings is 1. The summed E-state index contributed by atoms with van der Waals surface area (Å²) < 4.78 is 0. The van der Waals surface area contributed by atoms with Crippen LogP contribution in [-0.4, -0.2) is 35.7 Å². The van der Waals surface area contributed by atoms with Crippen LogP contribution in [0.2, 0.25) is 0 Å². The number of urea groups is 1. The highest BCUT2D eigenvalue weighted by atomic mass is 16.3. The Morgan fingerprint density at radius 2 is 1.96 bits per heavy atom. The highest BCUT2D eigenvalue weighted by Gasteiger charge is 2.24. The normalized spacial score (nSPS) is 19.0. The third kappa shape index (κ3) is 5.10. The molecule has 142 valence electrons. The summed E-state index contributed by atoms with van der Waals surface area (Å²) in [7, 11) is 0. The van der Waals surface area contributed by atoms with Gasteiger partial charge >= 0.3 is 6.03 Å². The summed E-state index contributed by atoms with van der Waals surface area (Å²) in [4.78, 5) is 14.4. The fourth-order valence-electron chi connectivity index (χ4n) is 4.22. The number of nitrogens with zero attached hydrogens (tertiary/aromatic N) is 1. The van der Waals surface area contributed by atoms with Gasteiger partial charge < -0.3 is 15.3 Å². The molecule has 4 heteroatoms. The molecule has 1 aromatic rings. The second-order valence-electron chi connectivity index (χ2n) is 7.56. The van der Waals surface area contributed by atoms with Crippen molar-refractivity contribution in [3.63, 3.8) is 0 Å². The minimum atomic E-state index is 0.0770. The van der Waals surface area contributed by atoms with Crippen LogP contribution in [0.25, 0.3) is 0 Å². The Kier molecular flexibility index (Phi) is 7.13. The SMILES string of the molecule is O=C(NCCC1=CCCCCC1)N1CCC(c2ccccc2CO)CC1. The third-order valence-corrected chi connectivity index (χ3v) is 5.80. The van der Waals surface area contributed by atoms with Crippen LogP contribution in [-0.2, 0) is 6.61 Å². The number of allylic oxidation sites excluding steroid dienone is 1. The van der Waals surface area contributed by atoms with Crippen LogP contribution in [0, 0.1) is 0 Å². The molecule has 0 saturated carbocycles. The van der Waals surface area contributed by atoms with Gasteiger partial charge in [-0.1, -0.05) is 42.3 Å². The van der Waals surface area contributed by atoms with Gasteiger partial charge in [-0.3, -0.25) is 0 Å². The lowest BCUT2D eigenvalue weighted by Gasteiger charge is -2.33. The first-order chi connectivity index (χ1) is 12.8. The molecular formula is C22H32N2O2. The number of aliphatic hydroxyl groups excluding tert-OH is 1. The zero-order valence-corrected chi connectivity index (χ0v) is 15.8. The van der Waals surface area contributed by atoms with Gasteiger partial charge in [0.2, 0.25) is 0 Å². The van der Waals surface area contributed by atoms with Crippen molar-refractivity contribution >= 4 is 6.03 Å². The summed E-state index contributed by atoms with van der Waals surface area (Å²) in [6.07, 6.45) is 11.6. The number of likely N-dealkylation sites (tertiary alicyclic amines) is 1. The van der Waals surface area contributed by atoms with E-state index < -0.39 is 0 Å². The van der Waals surface area contributed by atoms with E-state index in [1.807, 2.05) is 23.1 Å². The van der Waals surface area contributed by atoms with Gasteiger partial charge in [-0.15, -0.1) is 0 Å². The number of carbonyl (C=O) groups excluding carboxylic acids is 1. The van der Waals surface area contributed by atoms with Gasteiger partial charge in [0.25, 0.3) is 0 Å². The number of nitrogens with one attached hydrogen (secondary N) is 1. The van der Waals surface area contributed by atoms with Gasteiger partial charge in [-0.05, 0) is 62.0 Å². The molecule has 1 heterocycles. The van der Waals surface area contributed by atoms with E-state index in [0.29, 0.717) is 5.92 Å². The fourth-order valence-corrected chi connectivity index (χ4v) is 4.22. The standard InChI is InChI=1S/C22H32N2O2/c25-17-20-9-5-6-10-21(20)19-12-15-24(16-13-19)22(26)23-14-11-18-7-3-1-2-4-8-18/h5-7,9-10,19,25H,1-4,8,11-17H2,(H,23,26). The van der Waals surface area contributed by atoms with Crippen molar-refractivity contribution in [3.8, 4) is 0 Å². The monoisotopic (exact) mass is 356 g/mol. The quantitative estimate of drug-likeness (QED) is 0.771. The van der Waals surface area contributed by atoms with E-state index >= 15 is 0 Å². The Hall–Kier alpha value is -1.81. The van der Waals surface area contributed by atoms with Crippen molar-refractivity contribution in [2.75, 3.05) is 19.6 Å².